The van der Waals surface area contributed by atoms with Gasteiger partial charge in [-0.3, -0.25) is 4.90 Å². The lowest BCUT2D eigenvalue weighted by molar-refractivity contribution is 0.267. The predicted molar refractivity (Wildman–Crippen MR) is 98.8 cm³/mol. The number of benzene rings is 2. The van der Waals surface area contributed by atoms with Crippen LogP contribution in [0.4, 0.5) is 4.39 Å². The van der Waals surface area contributed by atoms with E-state index in [1.165, 1.54) is 11.1 Å². The van der Waals surface area contributed by atoms with Crippen molar-refractivity contribution in [3.63, 3.8) is 0 Å². The van der Waals surface area contributed by atoms with Crippen molar-refractivity contribution in [2.24, 2.45) is 0 Å². The number of hydrogen-bond acceptors (Lipinski definition) is 2. The van der Waals surface area contributed by atoms with Crippen LogP contribution in [0.25, 0.3) is 0 Å². The lowest BCUT2D eigenvalue weighted by Gasteiger charge is -2.26. The van der Waals surface area contributed by atoms with Crippen LogP contribution >= 0.6 is 15.9 Å². The topological polar surface area (TPSA) is 12.5 Å². The molecule has 2 aromatic rings. The molecule has 1 aliphatic heterocycles. The van der Waals surface area contributed by atoms with Gasteiger partial charge in [0.1, 0.15) is 6.61 Å². The predicted octanol–water partition coefficient (Wildman–Crippen LogP) is 5.11. The highest BCUT2D eigenvalue weighted by atomic mass is 79.9. The van der Waals surface area contributed by atoms with Crippen molar-refractivity contribution >= 4 is 15.9 Å². The van der Waals surface area contributed by atoms with Gasteiger partial charge in [-0.05, 0) is 52.0 Å². The quantitative estimate of drug-likeness (QED) is 0.658. The number of aryl methyl sites for hydroxylation is 1. The molecule has 0 radical (unpaired) electrons. The molecule has 0 N–H and O–H groups in total. The zero-order valence-corrected chi connectivity index (χ0v) is 15.4. The highest BCUT2D eigenvalue weighted by molar-refractivity contribution is 9.10. The van der Waals surface area contributed by atoms with Crippen molar-refractivity contribution in [3.8, 4) is 5.75 Å². The molecule has 0 saturated carbocycles. The van der Waals surface area contributed by atoms with Crippen molar-refractivity contribution in [2.45, 2.75) is 19.9 Å². The summed E-state index contributed by atoms with van der Waals surface area (Å²) in [6.45, 7) is 5.06. The lowest BCUT2D eigenvalue weighted by atomic mass is 10.1. The molecule has 0 bridgehead atoms. The van der Waals surface area contributed by atoms with E-state index < -0.39 is 0 Å². The number of rotatable bonds is 5. The van der Waals surface area contributed by atoms with Crippen LogP contribution in [0.15, 0.2) is 58.6 Å². The summed E-state index contributed by atoms with van der Waals surface area (Å²) in [4.78, 5) is 2.40. The Labute approximate surface area is 151 Å². The van der Waals surface area contributed by atoms with Crippen molar-refractivity contribution in [2.75, 3.05) is 19.7 Å². The van der Waals surface area contributed by atoms with Crippen molar-refractivity contribution in [1.29, 1.82) is 0 Å². The second-order valence-electron chi connectivity index (χ2n) is 6.13. The van der Waals surface area contributed by atoms with E-state index in [0.29, 0.717) is 22.4 Å². The zero-order chi connectivity index (χ0) is 16.9. The summed E-state index contributed by atoms with van der Waals surface area (Å²) in [5, 5.41) is 0. The molecule has 1 aliphatic rings. The number of nitrogens with zero attached hydrogens (tertiary/aromatic N) is 1. The molecule has 0 spiro atoms. The van der Waals surface area contributed by atoms with Gasteiger partial charge in [0.25, 0.3) is 0 Å². The Bertz CT molecular complexity index is 730. The average molecular weight is 390 g/mol. The fourth-order valence-electron chi connectivity index (χ4n) is 2.80. The van der Waals surface area contributed by atoms with Crippen LogP contribution in [0.3, 0.4) is 0 Å². The van der Waals surface area contributed by atoms with E-state index in [4.69, 9.17) is 4.74 Å². The van der Waals surface area contributed by atoms with E-state index >= 15 is 0 Å². The molecule has 126 valence electrons. The van der Waals surface area contributed by atoms with Crippen LogP contribution in [-0.2, 0) is 6.54 Å². The van der Waals surface area contributed by atoms with Crippen molar-refractivity contribution < 1.29 is 9.13 Å². The standard InChI is InChI=1S/C20H21BrFNO/c1-15-7-8-18(21)20(19(15)22)24-14-17-9-11-23(12-10-17)13-16-5-3-2-4-6-16/h2-9H,10-14H2,1H3. The minimum atomic E-state index is -0.286. The summed E-state index contributed by atoms with van der Waals surface area (Å²) >= 11 is 3.36. The molecule has 24 heavy (non-hydrogen) atoms. The van der Waals surface area contributed by atoms with Gasteiger partial charge in [-0.15, -0.1) is 0 Å². The van der Waals surface area contributed by atoms with E-state index in [0.717, 1.165) is 26.1 Å². The van der Waals surface area contributed by atoms with Crippen LogP contribution in [0, 0.1) is 12.7 Å². The van der Waals surface area contributed by atoms with Crippen LogP contribution in [0.2, 0.25) is 0 Å². The summed E-state index contributed by atoms with van der Waals surface area (Å²) in [6.07, 6.45) is 3.16. The SMILES string of the molecule is Cc1ccc(Br)c(OCC2=CCN(Cc3ccccc3)CC2)c1F. The van der Waals surface area contributed by atoms with Gasteiger partial charge < -0.3 is 4.74 Å². The van der Waals surface area contributed by atoms with E-state index in [1.807, 2.05) is 12.1 Å². The molecule has 0 unspecified atom stereocenters. The molecule has 0 saturated heterocycles. The van der Waals surface area contributed by atoms with Gasteiger partial charge in [-0.25, -0.2) is 4.39 Å². The summed E-state index contributed by atoms with van der Waals surface area (Å²) in [7, 11) is 0. The first-order chi connectivity index (χ1) is 11.6. The molecular formula is C20H21BrFNO. The van der Waals surface area contributed by atoms with E-state index in [-0.39, 0.29) is 5.82 Å². The van der Waals surface area contributed by atoms with Crippen LogP contribution < -0.4 is 4.74 Å². The third kappa shape index (κ3) is 4.25. The van der Waals surface area contributed by atoms with Crippen LogP contribution in [0.1, 0.15) is 17.5 Å². The Morgan fingerprint density at radius 3 is 2.67 bits per heavy atom. The third-order valence-electron chi connectivity index (χ3n) is 4.28. The second-order valence-corrected chi connectivity index (χ2v) is 6.98. The molecule has 0 aromatic heterocycles. The number of halogens is 2. The van der Waals surface area contributed by atoms with Gasteiger partial charge in [-0.1, -0.05) is 42.5 Å². The monoisotopic (exact) mass is 389 g/mol. The number of ether oxygens (including phenoxy) is 1. The summed E-state index contributed by atoms with van der Waals surface area (Å²) in [6, 6.07) is 14.1. The highest BCUT2D eigenvalue weighted by Crippen LogP contribution is 2.30. The largest absolute Gasteiger partial charge is 0.485 e. The first-order valence-corrected chi connectivity index (χ1v) is 8.94. The zero-order valence-electron chi connectivity index (χ0n) is 13.8. The van der Waals surface area contributed by atoms with Gasteiger partial charge in [0.15, 0.2) is 11.6 Å². The maximum Gasteiger partial charge on any atom is 0.169 e. The minimum Gasteiger partial charge on any atom is -0.485 e. The highest BCUT2D eigenvalue weighted by Gasteiger charge is 2.15. The van der Waals surface area contributed by atoms with E-state index in [2.05, 4.69) is 51.2 Å². The molecule has 0 fully saturated rings. The summed E-state index contributed by atoms with van der Waals surface area (Å²) < 4.78 is 20.5. The first-order valence-electron chi connectivity index (χ1n) is 8.15. The van der Waals surface area contributed by atoms with Gasteiger partial charge >= 0.3 is 0 Å². The molecule has 2 aromatic carbocycles. The smallest absolute Gasteiger partial charge is 0.169 e. The van der Waals surface area contributed by atoms with E-state index in [9.17, 15) is 4.39 Å². The van der Waals surface area contributed by atoms with Crippen molar-refractivity contribution in [3.05, 3.63) is 75.5 Å². The fraction of sp³-hybridized carbons (Fsp3) is 0.300. The van der Waals surface area contributed by atoms with E-state index in [1.54, 1.807) is 13.0 Å². The Kier molecular flexibility index (Phi) is 5.69. The maximum atomic E-state index is 14.1. The average Bonchev–Trinajstić information content (AvgIpc) is 2.61. The first kappa shape index (κ1) is 17.2. The Balaban J connectivity index is 1.56. The van der Waals surface area contributed by atoms with Crippen LogP contribution in [-0.4, -0.2) is 24.6 Å². The molecule has 0 aliphatic carbocycles. The molecule has 4 heteroatoms. The summed E-state index contributed by atoms with van der Waals surface area (Å²) in [5.74, 6) is 0.0223. The molecule has 0 amide bonds. The molecule has 1 heterocycles. The molecular weight excluding hydrogens is 369 g/mol. The molecule has 0 atom stereocenters. The lowest BCUT2D eigenvalue weighted by Crippen LogP contribution is -2.29. The third-order valence-corrected chi connectivity index (χ3v) is 4.90. The Morgan fingerprint density at radius 2 is 1.96 bits per heavy atom. The second kappa shape index (κ2) is 7.95. The Morgan fingerprint density at radius 1 is 1.17 bits per heavy atom. The Hall–Kier alpha value is -1.65. The normalized spacial score (nSPS) is 15.2. The van der Waals surface area contributed by atoms with Gasteiger partial charge in [0.05, 0.1) is 4.47 Å². The van der Waals surface area contributed by atoms with Gasteiger partial charge in [0, 0.05) is 19.6 Å². The van der Waals surface area contributed by atoms with Gasteiger partial charge in [0.2, 0.25) is 0 Å². The summed E-state index contributed by atoms with van der Waals surface area (Å²) in [5.41, 5.74) is 3.16. The fourth-order valence-corrected chi connectivity index (χ4v) is 3.22. The van der Waals surface area contributed by atoms with Gasteiger partial charge in [-0.2, -0.15) is 0 Å². The molecule has 2 nitrogen and oxygen atoms in total. The maximum absolute atomic E-state index is 14.1. The van der Waals surface area contributed by atoms with Crippen LogP contribution in [0.5, 0.6) is 5.75 Å². The van der Waals surface area contributed by atoms with Crippen molar-refractivity contribution in [1.82, 2.24) is 4.90 Å². The molecule has 3 rings (SSSR count). The number of hydrogen-bond donors (Lipinski definition) is 0. The minimum absolute atomic E-state index is 0.286.